The van der Waals surface area contributed by atoms with E-state index in [2.05, 4.69) is 27.2 Å². The maximum Gasteiger partial charge on any atom is 0.303 e. The summed E-state index contributed by atoms with van der Waals surface area (Å²) in [6.45, 7) is 5.27. The lowest BCUT2D eigenvalue weighted by Crippen LogP contribution is -2.43. The summed E-state index contributed by atoms with van der Waals surface area (Å²) in [5, 5.41) is 11.0. The number of rotatable bonds is 7. The Labute approximate surface area is 124 Å². The Morgan fingerprint density at radius 2 is 2.20 bits per heavy atom. The van der Waals surface area contributed by atoms with Crippen molar-refractivity contribution in [3.05, 3.63) is 5.51 Å². The van der Waals surface area contributed by atoms with Crippen LogP contribution in [0.2, 0.25) is 0 Å². The third kappa shape index (κ3) is 4.37. The molecule has 0 unspecified atom stereocenters. The van der Waals surface area contributed by atoms with E-state index < -0.39 is 10.2 Å². The molecule has 0 spiro atoms. The first-order chi connectivity index (χ1) is 9.62. The third-order valence-electron chi connectivity index (χ3n) is 3.35. The molecule has 114 valence electrons. The Morgan fingerprint density at radius 3 is 2.80 bits per heavy atom. The van der Waals surface area contributed by atoms with Crippen LogP contribution < -0.4 is 10.0 Å². The molecule has 2 heterocycles. The topological polar surface area (TPSA) is 87.2 Å². The Kier molecular flexibility index (Phi) is 5.70. The first kappa shape index (κ1) is 15.6. The molecular weight excluding hydrogens is 298 g/mol. The van der Waals surface area contributed by atoms with Gasteiger partial charge in [-0.2, -0.15) is 12.7 Å². The Bertz CT molecular complexity index is 483. The summed E-state index contributed by atoms with van der Waals surface area (Å²) in [5.41, 5.74) is 1.50. The molecule has 9 heteroatoms. The van der Waals surface area contributed by atoms with Crippen LogP contribution in [0.25, 0.3) is 0 Å². The van der Waals surface area contributed by atoms with Crippen LogP contribution in [0.1, 0.15) is 26.2 Å². The molecule has 20 heavy (non-hydrogen) atoms. The Balaban J connectivity index is 1.80. The van der Waals surface area contributed by atoms with Crippen LogP contribution in [0.5, 0.6) is 0 Å². The second-order valence-electron chi connectivity index (χ2n) is 4.90. The van der Waals surface area contributed by atoms with E-state index >= 15 is 0 Å². The second kappa shape index (κ2) is 7.30. The predicted octanol–water partition coefficient (Wildman–Crippen LogP) is 0.906. The molecule has 1 aromatic heterocycles. The average Bonchev–Trinajstić information content (AvgIpc) is 2.92. The van der Waals surface area contributed by atoms with Gasteiger partial charge in [0.1, 0.15) is 5.51 Å². The third-order valence-corrected chi connectivity index (χ3v) is 5.58. The normalized spacial score (nSPS) is 18.2. The van der Waals surface area contributed by atoms with E-state index in [0.717, 1.165) is 32.4 Å². The van der Waals surface area contributed by atoms with Crippen molar-refractivity contribution in [3.63, 3.8) is 0 Å². The molecule has 1 fully saturated rings. The quantitative estimate of drug-likeness (QED) is 0.729. The van der Waals surface area contributed by atoms with Gasteiger partial charge in [-0.25, -0.2) is 4.72 Å². The van der Waals surface area contributed by atoms with Crippen molar-refractivity contribution in [1.82, 2.24) is 19.8 Å². The van der Waals surface area contributed by atoms with Crippen molar-refractivity contribution < 1.29 is 8.42 Å². The summed E-state index contributed by atoms with van der Waals surface area (Å²) < 4.78 is 28.3. The van der Waals surface area contributed by atoms with Crippen LogP contribution in [0.3, 0.4) is 0 Å². The SMILES string of the molecule is CCCNCC1CCN(S(=O)(=O)Nc2nncs2)CC1. The molecule has 1 aliphatic heterocycles. The minimum atomic E-state index is -3.48. The summed E-state index contributed by atoms with van der Waals surface area (Å²) in [7, 11) is -3.48. The van der Waals surface area contributed by atoms with Gasteiger partial charge in [-0.15, -0.1) is 10.2 Å². The fraction of sp³-hybridized carbons (Fsp3) is 0.818. The maximum atomic E-state index is 12.2. The molecule has 0 amide bonds. The minimum absolute atomic E-state index is 0.316. The fourth-order valence-electron chi connectivity index (χ4n) is 2.23. The van der Waals surface area contributed by atoms with E-state index in [-0.39, 0.29) is 0 Å². The van der Waals surface area contributed by atoms with Crippen LogP contribution in [0, 0.1) is 5.92 Å². The number of hydrogen-bond acceptors (Lipinski definition) is 6. The van der Waals surface area contributed by atoms with Crippen molar-refractivity contribution in [2.24, 2.45) is 5.92 Å². The number of nitrogens with one attached hydrogen (secondary N) is 2. The van der Waals surface area contributed by atoms with E-state index in [1.807, 2.05) is 0 Å². The maximum absolute atomic E-state index is 12.2. The van der Waals surface area contributed by atoms with Crippen molar-refractivity contribution >= 4 is 26.7 Å². The minimum Gasteiger partial charge on any atom is -0.316 e. The van der Waals surface area contributed by atoms with Crippen molar-refractivity contribution in [3.8, 4) is 0 Å². The number of piperidine rings is 1. The number of anilines is 1. The predicted molar refractivity (Wildman–Crippen MR) is 79.9 cm³/mol. The number of aromatic nitrogens is 2. The largest absolute Gasteiger partial charge is 0.316 e. The second-order valence-corrected chi connectivity index (χ2v) is 7.40. The van der Waals surface area contributed by atoms with Gasteiger partial charge >= 0.3 is 10.2 Å². The fourth-order valence-corrected chi connectivity index (χ4v) is 4.11. The number of nitrogens with zero attached hydrogens (tertiary/aromatic N) is 3. The van der Waals surface area contributed by atoms with Gasteiger partial charge in [0.05, 0.1) is 0 Å². The van der Waals surface area contributed by atoms with Crippen LogP contribution in [-0.2, 0) is 10.2 Å². The zero-order valence-electron chi connectivity index (χ0n) is 11.6. The highest BCUT2D eigenvalue weighted by atomic mass is 32.2. The van der Waals surface area contributed by atoms with Gasteiger partial charge in [-0.1, -0.05) is 18.3 Å². The molecule has 0 aromatic carbocycles. The smallest absolute Gasteiger partial charge is 0.303 e. The molecular formula is C11H21N5O2S2. The summed E-state index contributed by atoms with van der Waals surface area (Å²) in [6.07, 6.45) is 2.92. The monoisotopic (exact) mass is 319 g/mol. The lowest BCUT2D eigenvalue weighted by atomic mass is 9.98. The van der Waals surface area contributed by atoms with Crippen LogP contribution in [0.15, 0.2) is 5.51 Å². The molecule has 1 aliphatic rings. The molecule has 0 atom stereocenters. The van der Waals surface area contributed by atoms with Gasteiger partial charge in [0.2, 0.25) is 5.13 Å². The molecule has 0 bridgehead atoms. The molecule has 2 rings (SSSR count). The molecule has 0 aliphatic carbocycles. The highest BCUT2D eigenvalue weighted by Crippen LogP contribution is 2.20. The molecule has 1 aromatic rings. The van der Waals surface area contributed by atoms with E-state index in [0.29, 0.717) is 24.1 Å². The molecule has 1 saturated heterocycles. The molecule has 0 saturated carbocycles. The zero-order chi connectivity index (χ0) is 14.4. The molecule has 0 radical (unpaired) electrons. The van der Waals surface area contributed by atoms with Crippen LogP contribution in [0.4, 0.5) is 5.13 Å². The number of hydrogen-bond donors (Lipinski definition) is 2. The van der Waals surface area contributed by atoms with E-state index in [9.17, 15) is 8.42 Å². The highest BCUT2D eigenvalue weighted by molar-refractivity contribution is 7.90. The van der Waals surface area contributed by atoms with Gasteiger partial charge in [0, 0.05) is 13.1 Å². The standard InChI is InChI=1S/C11H21N5O2S2/c1-2-5-12-8-10-3-6-16(7-4-10)20(17,18)15-11-14-13-9-19-11/h9-10,12H,2-8H2,1H3,(H,14,15). The lowest BCUT2D eigenvalue weighted by Gasteiger charge is -2.31. The van der Waals surface area contributed by atoms with Gasteiger partial charge in [0.15, 0.2) is 0 Å². The van der Waals surface area contributed by atoms with E-state index in [1.54, 1.807) is 0 Å². The average molecular weight is 319 g/mol. The first-order valence-electron chi connectivity index (χ1n) is 6.86. The lowest BCUT2D eigenvalue weighted by molar-refractivity contribution is 0.269. The van der Waals surface area contributed by atoms with Gasteiger partial charge in [0.25, 0.3) is 0 Å². The Morgan fingerprint density at radius 1 is 1.45 bits per heavy atom. The van der Waals surface area contributed by atoms with Crippen LogP contribution in [-0.4, -0.2) is 49.1 Å². The zero-order valence-corrected chi connectivity index (χ0v) is 13.2. The molecule has 2 N–H and O–H groups in total. The van der Waals surface area contributed by atoms with Gasteiger partial charge in [-0.05, 0) is 38.3 Å². The van der Waals surface area contributed by atoms with Gasteiger partial charge < -0.3 is 5.32 Å². The van der Waals surface area contributed by atoms with Gasteiger partial charge in [-0.3, -0.25) is 0 Å². The summed E-state index contributed by atoms with van der Waals surface area (Å²) in [4.78, 5) is 0. The molecule has 7 nitrogen and oxygen atoms in total. The van der Waals surface area contributed by atoms with Crippen LogP contribution >= 0.6 is 11.3 Å². The van der Waals surface area contributed by atoms with Crippen molar-refractivity contribution in [1.29, 1.82) is 0 Å². The first-order valence-corrected chi connectivity index (χ1v) is 9.18. The summed E-state index contributed by atoms with van der Waals surface area (Å²) in [6, 6.07) is 0. The summed E-state index contributed by atoms with van der Waals surface area (Å²) in [5.74, 6) is 0.564. The van der Waals surface area contributed by atoms with E-state index in [4.69, 9.17) is 0 Å². The van der Waals surface area contributed by atoms with Crippen molar-refractivity contribution in [2.45, 2.75) is 26.2 Å². The highest BCUT2D eigenvalue weighted by Gasteiger charge is 2.28. The van der Waals surface area contributed by atoms with E-state index in [1.165, 1.54) is 21.2 Å². The summed E-state index contributed by atoms with van der Waals surface area (Å²) >= 11 is 1.18. The Hall–Kier alpha value is -0.770. The van der Waals surface area contributed by atoms with Crippen molar-refractivity contribution in [2.75, 3.05) is 30.9 Å².